The Labute approximate surface area is 89.0 Å². The summed E-state index contributed by atoms with van der Waals surface area (Å²) in [5.41, 5.74) is 0.0726. The van der Waals surface area contributed by atoms with Crippen molar-refractivity contribution in [3.63, 3.8) is 0 Å². The minimum Gasteiger partial charge on any atom is -0.462 e. The standard InChI is InChI=1S/C9H10F4O3/c1-5(2)7(14)15-4-3-6-8(10,11)16-9(6,12)13/h6H,1,3-4H2,2H3. The molecule has 0 N–H and O–H groups in total. The number of hydrogen-bond acceptors (Lipinski definition) is 3. The molecule has 0 saturated carbocycles. The minimum absolute atomic E-state index is 0.0726. The van der Waals surface area contributed by atoms with Gasteiger partial charge in [-0.2, -0.15) is 17.6 Å². The molecule has 0 aromatic rings. The largest absolute Gasteiger partial charge is 0.462 e. The lowest BCUT2D eigenvalue weighted by molar-refractivity contribution is -0.518. The van der Waals surface area contributed by atoms with E-state index in [4.69, 9.17) is 0 Å². The van der Waals surface area contributed by atoms with E-state index in [1.807, 2.05) is 0 Å². The van der Waals surface area contributed by atoms with Crippen LogP contribution in [-0.2, 0) is 14.3 Å². The first-order valence-electron chi connectivity index (χ1n) is 4.45. The Bertz CT molecular complexity index is 300. The zero-order valence-electron chi connectivity index (χ0n) is 8.44. The number of hydrogen-bond donors (Lipinski definition) is 0. The molecule has 0 bridgehead atoms. The number of halogens is 4. The maximum absolute atomic E-state index is 12.5. The van der Waals surface area contributed by atoms with Gasteiger partial charge in [0.1, 0.15) is 5.92 Å². The summed E-state index contributed by atoms with van der Waals surface area (Å²) in [6, 6.07) is 0. The number of carbonyl (C=O) groups excluding carboxylic acids is 1. The predicted molar refractivity (Wildman–Crippen MR) is 44.9 cm³/mol. The van der Waals surface area contributed by atoms with E-state index < -0.39 is 37.1 Å². The first kappa shape index (κ1) is 13.0. The summed E-state index contributed by atoms with van der Waals surface area (Å²) in [5, 5.41) is 0. The van der Waals surface area contributed by atoms with Crippen LogP contribution < -0.4 is 0 Å². The first-order chi connectivity index (χ1) is 7.17. The molecule has 0 atom stereocenters. The monoisotopic (exact) mass is 242 g/mol. The van der Waals surface area contributed by atoms with Crippen molar-refractivity contribution in [1.82, 2.24) is 0 Å². The van der Waals surface area contributed by atoms with Crippen molar-refractivity contribution in [2.24, 2.45) is 5.92 Å². The van der Waals surface area contributed by atoms with E-state index in [0.29, 0.717) is 0 Å². The summed E-state index contributed by atoms with van der Waals surface area (Å²) in [4.78, 5) is 10.8. The fourth-order valence-electron chi connectivity index (χ4n) is 1.19. The van der Waals surface area contributed by atoms with Crippen LogP contribution in [0.2, 0.25) is 0 Å². The van der Waals surface area contributed by atoms with Crippen LogP contribution in [0.25, 0.3) is 0 Å². The van der Waals surface area contributed by atoms with Gasteiger partial charge in [-0.25, -0.2) is 4.79 Å². The van der Waals surface area contributed by atoms with Crippen LogP contribution in [-0.4, -0.2) is 24.8 Å². The highest BCUT2D eigenvalue weighted by molar-refractivity contribution is 5.86. The fourth-order valence-corrected chi connectivity index (χ4v) is 1.19. The van der Waals surface area contributed by atoms with Crippen molar-refractivity contribution >= 4 is 5.97 Å². The molecule has 0 unspecified atom stereocenters. The lowest BCUT2D eigenvalue weighted by Crippen LogP contribution is -2.59. The van der Waals surface area contributed by atoms with E-state index in [1.54, 1.807) is 0 Å². The molecule has 1 rings (SSSR count). The van der Waals surface area contributed by atoms with Gasteiger partial charge in [-0.3, -0.25) is 4.74 Å². The number of esters is 1. The highest BCUT2D eigenvalue weighted by atomic mass is 19.3. The van der Waals surface area contributed by atoms with E-state index in [1.165, 1.54) is 6.92 Å². The molecule has 92 valence electrons. The Kier molecular flexibility index (Phi) is 3.27. The van der Waals surface area contributed by atoms with Crippen molar-refractivity contribution in [3.05, 3.63) is 12.2 Å². The molecule has 0 spiro atoms. The topological polar surface area (TPSA) is 35.5 Å². The Morgan fingerprint density at radius 2 is 1.88 bits per heavy atom. The van der Waals surface area contributed by atoms with Crippen molar-refractivity contribution in [2.75, 3.05) is 6.61 Å². The van der Waals surface area contributed by atoms with Gasteiger partial charge in [-0.05, 0) is 6.92 Å². The van der Waals surface area contributed by atoms with Crippen molar-refractivity contribution in [3.8, 4) is 0 Å². The molecule has 0 radical (unpaired) electrons. The molecule has 1 aliphatic heterocycles. The van der Waals surface area contributed by atoms with E-state index >= 15 is 0 Å². The molecule has 7 heteroatoms. The number of alkyl halides is 4. The second-order valence-corrected chi connectivity index (χ2v) is 3.48. The number of carbonyl (C=O) groups is 1. The maximum atomic E-state index is 12.5. The lowest BCUT2D eigenvalue weighted by Gasteiger charge is -2.42. The van der Waals surface area contributed by atoms with Crippen LogP contribution in [0.1, 0.15) is 13.3 Å². The van der Waals surface area contributed by atoms with Crippen LogP contribution in [0.3, 0.4) is 0 Å². The molecule has 1 fully saturated rings. The van der Waals surface area contributed by atoms with Crippen molar-refractivity contribution in [2.45, 2.75) is 25.6 Å². The van der Waals surface area contributed by atoms with Gasteiger partial charge in [0.25, 0.3) is 0 Å². The summed E-state index contributed by atoms with van der Waals surface area (Å²) in [6.07, 6.45) is -8.39. The molecule has 1 saturated heterocycles. The molecule has 1 aliphatic rings. The second-order valence-electron chi connectivity index (χ2n) is 3.48. The second kappa shape index (κ2) is 4.04. The van der Waals surface area contributed by atoms with Crippen LogP contribution in [0, 0.1) is 5.92 Å². The summed E-state index contributed by atoms with van der Waals surface area (Å²) in [5.74, 6) is -3.05. The van der Waals surface area contributed by atoms with Gasteiger partial charge < -0.3 is 4.74 Å². The molecular weight excluding hydrogens is 232 g/mol. The van der Waals surface area contributed by atoms with Crippen LogP contribution in [0.4, 0.5) is 17.6 Å². The average molecular weight is 242 g/mol. The van der Waals surface area contributed by atoms with E-state index in [0.717, 1.165) is 0 Å². The van der Waals surface area contributed by atoms with Crippen molar-refractivity contribution < 1.29 is 31.8 Å². The summed E-state index contributed by atoms with van der Waals surface area (Å²) in [7, 11) is 0. The van der Waals surface area contributed by atoms with Crippen molar-refractivity contribution in [1.29, 1.82) is 0 Å². The van der Waals surface area contributed by atoms with Gasteiger partial charge in [-0.1, -0.05) is 6.58 Å². The van der Waals surface area contributed by atoms with Gasteiger partial charge in [0.05, 0.1) is 6.61 Å². The highest BCUT2D eigenvalue weighted by Gasteiger charge is 2.70. The Balaban J connectivity index is 2.38. The zero-order chi connectivity index (χ0) is 12.6. The van der Waals surface area contributed by atoms with Gasteiger partial charge in [0, 0.05) is 12.0 Å². The third kappa shape index (κ3) is 2.52. The summed E-state index contributed by atoms with van der Waals surface area (Å²) < 4.78 is 57.6. The Hall–Kier alpha value is -1.11. The number of rotatable bonds is 4. The predicted octanol–water partition coefficient (Wildman–Crippen LogP) is 2.33. The lowest BCUT2D eigenvalue weighted by atomic mass is 9.98. The third-order valence-corrected chi connectivity index (χ3v) is 2.07. The molecule has 0 aliphatic carbocycles. The summed E-state index contributed by atoms with van der Waals surface area (Å²) >= 11 is 0. The minimum atomic E-state index is -3.86. The Morgan fingerprint density at radius 3 is 2.25 bits per heavy atom. The van der Waals surface area contributed by atoms with Crippen LogP contribution >= 0.6 is 0 Å². The van der Waals surface area contributed by atoms with Crippen LogP contribution in [0.15, 0.2) is 12.2 Å². The van der Waals surface area contributed by atoms with Gasteiger partial charge in [0.2, 0.25) is 0 Å². The smallest absolute Gasteiger partial charge is 0.371 e. The Morgan fingerprint density at radius 1 is 1.38 bits per heavy atom. The number of ether oxygens (including phenoxy) is 2. The molecule has 0 amide bonds. The van der Waals surface area contributed by atoms with E-state index in [-0.39, 0.29) is 5.57 Å². The SMILES string of the molecule is C=C(C)C(=O)OCCC1C(F)(F)OC1(F)F. The molecule has 3 nitrogen and oxygen atoms in total. The third-order valence-electron chi connectivity index (χ3n) is 2.07. The van der Waals surface area contributed by atoms with E-state index in [9.17, 15) is 22.4 Å². The normalized spacial score (nSPS) is 22.3. The van der Waals surface area contributed by atoms with Crippen LogP contribution in [0.5, 0.6) is 0 Å². The highest BCUT2D eigenvalue weighted by Crippen LogP contribution is 2.53. The molecule has 0 aromatic carbocycles. The average Bonchev–Trinajstić information content (AvgIpc) is 2.09. The molecular formula is C9H10F4O3. The molecule has 16 heavy (non-hydrogen) atoms. The van der Waals surface area contributed by atoms with E-state index in [2.05, 4.69) is 16.1 Å². The molecule has 1 heterocycles. The van der Waals surface area contributed by atoms with Gasteiger partial charge in [-0.15, -0.1) is 0 Å². The molecule has 0 aromatic heterocycles. The first-order valence-corrected chi connectivity index (χ1v) is 4.45. The maximum Gasteiger partial charge on any atom is 0.371 e. The van der Waals surface area contributed by atoms with Gasteiger partial charge in [0.15, 0.2) is 0 Å². The fraction of sp³-hybridized carbons (Fsp3) is 0.667. The van der Waals surface area contributed by atoms with Gasteiger partial charge >= 0.3 is 18.2 Å². The summed E-state index contributed by atoms with van der Waals surface area (Å²) in [6.45, 7) is 4.08. The zero-order valence-corrected chi connectivity index (χ0v) is 8.44. The quantitative estimate of drug-likeness (QED) is 0.431.